The van der Waals surface area contributed by atoms with Gasteiger partial charge in [-0.3, -0.25) is 14.9 Å². The first-order valence-corrected chi connectivity index (χ1v) is 5.98. The predicted molar refractivity (Wildman–Crippen MR) is 67.7 cm³/mol. The van der Waals surface area contributed by atoms with Crippen LogP contribution in [0, 0.1) is 21.4 Å². The first-order valence-electron chi connectivity index (χ1n) is 5.45. The van der Waals surface area contributed by atoms with E-state index in [4.69, 9.17) is 21.6 Å². The molecule has 0 fully saturated rings. The molecular formula is C12H11ClN2O4. The van der Waals surface area contributed by atoms with Crippen LogP contribution in [0.15, 0.2) is 12.1 Å². The normalized spacial score (nSPS) is 9.74. The van der Waals surface area contributed by atoms with Crippen molar-refractivity contribution in [3.63, 3.8) is 0 Å². The Bertz CT molecular complexity index is 551. The standard InChI is InChI=1S/C12H11ClN2O4/c1-2-19-11(16)5-9-3-8(7-14)4-10(6-13)12(9)15(17)18/h3-4H,2,5-6H2,1H3. The van der Waals surface area contributed by atoms with Crippen LogP contribution in [0.4, 0.5) is 5.69 Å². The Hall–Kier alpha value is -2.13. The topological polar surface area (TPSA) is 93.2 Å². The fourth-order valence-electron chi connectivity index (χ4n) is 1.66. The molecular weight excluding hydrogens is 272 g/mol. The van der Waals surface area contributed by atoms with Gasteiger partial charge < -0.3 is 4.74 Å². The van der Waals surface area contributed by atoms with Crippen molar-refractivity contribution >= 4 is 23.3 Å². The molecule has 0 N–H and O–H groups in total. The Morgan fingerprint density at radius 2 is 2.16 bits per heavy atom. The molecule has 0 saturated heterocycles. The molecule has 0 saturated carbocycles. The molecule has 0 radical (unpaired) electrons. The lowest BCUT2D eigenvalue weighted by molar-refractivity contribution is -0.386. The smallest absolute Gasteiger partial charge is 0.310 e. The molecule has 0 aliphatic carbocycles. The van der Waals surface area contributed by atoms with Gasteiger partial charge in [0.15, 0.2) is 0 Å². The van der Waals surface area contributed by atoms with Crippen molar-refractivity contribution in [2.24, 2.45) is 0 Å². The summed E-state index contributed by atoms with van der Waals surface area (Å²) in [5.74, 6) is -0.692. The van der Waals surface area contributed by atoms with Gasteiger partial charge in [-0.2, -0.15) is 5.26 Å². The van der Waals surface area contributed by atoms with Crippen LogP contribution >= 0.6 is 11.6 Å². The number of alkyl halides is 1. The molecule has 1 rings (SSSR count). The number of nitro benzene ring substituents is 1. The van der Waals surface area contributed by atoms with E-state index in [0.29, 0.717) is 0 Å². The average Bonchev–Trinajstić information content (AvgIpc) is 2.37. The molecule has 100 valence electrons. The van der Waals surface area contributed by atoms with Crippen LogP contribution in [0.1, 0.15) is 23.6 Å². The second-order valence-electron chi connectivity index (χ2n) is 3.63. The number of benzene rings is 1. The zero-order valence-electron chi connectivity index (χ0n) is 10.2. The van der Waals surface area contributed by atoms with Gasteiger partial charge in [0, 0.05) is 11.1 Å². The van der Waals surface area contributed by atoms with Crippen LogP contribution < -0.4 is 0 Å². The fourth-order valence-corrected chi connectivity index (χ4v) is 1.87. The molecule has 0 aliphatic rings. The van der Waals surface area contributed by atoms with E-state index in [1.54, 1.807) is 6.92 Å². The minimum atomic E-state index is -0.604. The number of carbonyl (C=O) groups excluding carboxylic acids is 1. The second-order valence-corrected chi connectivity index (χ2v) is 3.89. The first-order chi connectivity index (χ1) is 9.03. The highest BCUT2D eigenvalue weighted by Gasteiger charge is 2.22. The van der Waals surface area contributed by atoms with Crippen LogP contribution in [0.25, 0.3) is 0 Å². The molecule has 0 amide bonds. The third-order valence-electron chi connectivity index (χ3n) is 2.36. The Morgan fingerprint density at radius 1 is 1.53 bits per heavy atom. The monoisotopic (exact) mass is 282 g/mol. The van der Waals surface area contributed by atoms with Crippen molar-refractivity contribution in [2.75, 3.05) is 6.61 Å². The molecule has 0 aliphatic heterocycles. The van der Waals surface area contributed by atoms with Crippen molar-refractivity contribution in [3.8, 4) is 6.07 Å². The summed E-state index contributed by atoms with van der Waals surface area (Å²) in [5, 5.41) is 19.9. The second kappa shape index (κ2) is 6.71. The number of ether oxygens (including phenoxy) is 1. The van der Waals surface area contributed by atoms with Gasteiger partial charge in [0.1, 0.15) is 0 Å². The lowest BCUT2D eigenvalue weighted by Gasteiger charge is -2.07. The highest BCUT2D eigenvalue weighted by atomic mass is 35.5. The molecule has 0 heterocycles. The lowest BCUT2D eigenvalue weighted by Crippen LogP contribution is -2.10. The van der Waals surface area contributed by atoms with Gasteiger partial charge >= 0.3 is 5.97 Å². The van der Waals surface area contributed by atoms with Gasteiger partial charge in [0.05, 0.1) is 35.5 Å². The van der Waals surface area contributed by atoms with Gasteiger partial charge in [-0.25, -0.2) is 0 Å². The average molecular weight is 283 g/mol. The summed E-state index contributed by atoms with van der Waals surface area (Å²) in [6, 6.07) is 4.54. The molecule has 19 heavy (non-hydrogen) atoms. The summed E-state index contributed by atoms with van der Waals surface area (Å²) < 4.78 is 4.75. The summed E-state index contributed by atoms with van der Waals surface area (Å²) in [6.07, 6.45) is -0.260. The van der Waals surface area contributed by atoms with Crippen molar-refractivity contribution < 1.29 is 14.5 Å². The van der Waals surface area contributed by atoms with Gasteiger partial charge in [0.2, 0.25) is 0 Å². The molecule has 0 aromatic heterocycles. The van der Waals surface area contributed by atoms with Gasteiger partial charge in [-0.15, -0.1) is 11.6 Å². The third-order valence-corrected chi connectivity index (χ3v) is 2.65. The Labute approximate surface area is 114 Å². The maximum atomic E-state index is 11.4. The van der Waals surface area contributed by atoms with E-state index in [0.717, 1.165) is 0 Å². The number of hydrogen-bond donors (Lipinski definition) is 0. The fraction of sp³-hybridized carbons (Fsp3) is 0.333. The van der Waals surface area contributed by atoms with E-state index < -0.39 is 10.9 Å². The summed E-state index contributed by atoms with van der Waals surface area (Å²) in [7, 11) is 0. The van der Waals surface area contributed by atoms with Gasteiger partial charge in [-0.05, 0) is 19.1 Å². The summed E-state index contributed by atoms with van der Waals surface area (Å²) in [4.78, 5) is 21.9. The highest BCUT2D eigenvalue weighted by molar-refractivity contribution is 6.17. The maximum Gasteiger partial charge on any atom is 0.310 e. The number of nitrogens with zero attached hydrogens (tertiary/aromatic N) is 2. The van der Waals surface area contributed by atoms with E-state index in [1.807, 2.05) is 6.07 Å². The largest absolute Gasteiger partial charge is 0.466 e. The van der Waals surface area contributed by atoms with E-state index in [9.17, 15) is 14.9 Å². The summed E-state index contributed by atoms with van der Waals surface area (Å²) in [5.41, 5.74) is 0.339. The molecule has 0 bridgehead atoms. The predicted octanol–water partition coefficient (Wildman–Crippen LogP) is 2.31. The van der Waals surface area contributed by atoms with E-state index >= 15 is 0 Å². The number of nitriles is 1. The van der Waals surface area contributed by atoms with Crippen molar-refractivity contribution in [3.05, 3.63) is 38.9 Å². The Morgan fingerprint density at radius 3 is 2.63 bits per heavy atom. The number of esters is 1. The van der Waals surface area contributed by atoms with Gasteiger partial charge in [0.25, 0.3) is 5.69 Å². The van der Waals surface area contributed by atoms with Crippen LogP contribution in [0.5, 0.6) is 0 Å². The molecule has 1 aromatic rings. The summed E-state index contributed by atoms with van der Waals surface area (Å²) in [6.45, 7) is 1.83. The zero-order chi connectivity index (χ0) is 14.4. The lowest BCUT2D eigenvalue weighted by atomic mass is 10.0. The van der Waals surface area contributed by atoms with Crippen LogP contribution in [0.3, 0.4) is 0 Å². The van der Waals surface area contributed by atoms with Crippen LogP contribution in [-0.4, -0.2) is 17.5 Å². The number of halogens is 1. The number of hydrogen-bond acceptors (Lipinski definition) is 5. The maximum absolute atomic E-state index is 11.4. The van der Waals surface area contributed by atoms with Crippen molar-refractivity contribution in [2.45, 2.75) is 19.2 Å². The molecule has 1 aromatic carbocycles. The minimum absolute atomic E-state index is 0.109. The van der Waals surface area contributed by atoms with Crippen LogP contribution in [0.2, 0.25) is 0 Å². The molecule has 0 atom stereocenters. The van der Waals surface area contributed by atoms with Crippen molar-refractivity contribution in [1.82, 2.24) is 0 Å². The van der Waals surface area contributed by atoms with Crippen molar-refractivity contribution in [1.29, 1.82) is 5.26 Å². The Balaban J connectivity index is 3.30. The quantitative estimate of drug-likeness (QED) is 0.357. The highest BCUT2D eigenvalue weighted by Crippen LogP contribution is 2.27. The number of rotatable bonds is 5. The summed E-state index contributed by atoms with van der Waals surface area (Å²) >= 11 is 5.64. The Kier molecular flexibility index (Phi) is 5.27. The third kappa shape index (κ3) is 3.66. The van der Waals surface area contributed by atoms with E-state index in [1.165, 1.54) is 12.1 Å². The van der Waals surface area contributed by atoms with Gasteiger partial charge in [-0.1, -0.05) is 0 Å². The number of carbonyl (C=O) groups is 1. The van der Waals surface area contributed by atoms with Crippen LogP contribution in [-0.2, 0) is 21.8 Å². The van der Waals surface area contributed by atoms with E-state index in [2.05, 4.69) is 0 Å². The minimum Gasteiger partial charge on any atom is -0.466 e. The zero-order valence-corrected chi connectivity index (χ0v) is 10.9. The van der Waals surface area contributed by atoms with E-state index in [-0.39, 0.29) is 41.3 Å². The molecule has 6 nitrogen and oxygen atoms in total. The number of nitro groups is 1. The molecule has 0 spiro atoms. The molecule has 0 unspecified atom stereocenters. The first kappa shape index (κ1) is 14.9. The SMILES string of the molecule is CCOC(=O)Cc1cc(C#N)cc(CCl)c1[N+](=O)[O-]. The molecule has 7 heteroatoms.